The Balaban J connectivity index is 2.18. The number of nitrogens with zero attached hydrogens (tertiary/aromatic N) is 2. The van der Waals surface area contributed by atoms with E-state index < -0.39 is 11.9 Å². The van der Waals surface area contributed by atoms with Crippen LogP contribution in [0.5, 0.6) is 0 Å². The first-order valence-corrected chi connectivity index (χ1v) is 7.63. The quantitative estimate of drug-likeness (QED) is 0.563. The molecular weight excluding hydrogens is 369 g/mol. The van der Waals surface area contributed by atoms with Crippen LogP contribution in [-0.4, -0.2) is 9.55 Å². The molecule has 0 spiro atoms. The van der Waals surface area contributed by atoms with Crippen molar-refractivity contribution in [2.24, 2.45) is 0 Å². The molecule has 0 aliphatic heterocycles. The van der Waals surface area contributed by atoms with Gasteiger partial charge in [-0.2, -0.15) is 13.2 Å². The normalized spacial score (nSPS) is 11.7. The molecule has 6 heteroatoms. The second kappa shape index (κ2) is 5.85. The molecule has 118 valence electrons. The molecule has 0 saturated carbocycles. The highest BCUT2D eigenvalue weighted by Crippen LogP contribution is 2.32. The summed E-state index contributed by atoms with van der Waals surface area (Å²) in [7, 11) is 0. The third kappa shape index (κ3) is 3.32. The van der Waals surface area contributed by atoms with Gasteiger partial charge in [-0.1, -0.05) is 45.8 Å². The zero-order chi connectivity index (χ0) is 16.6. The van der Waals surface area contributed by atoms with Crippen molar-refractivity contribution in [3.8, 4) is 17.1 Å². The fourth-order valence-electron chi connectivity index (χ4n) is 2.22. The van der Waals surface area contributed by atoms with Crippen LogP contribution in [0, 0.1) is 6.92 Å². The van der Waals surface area contributed by atoms with Crippen molar-refractivity contribution in [3.63, 3.8) is 0 Å². The van der Waals surface area contributed by atoms with Crippen LogP contribution in [0.4, 0.5) is 13.2 Å². The predicted molar refractivity (Wildman–Crippen MR) is 86.4 cm³/mol. The highest BCUT2D eigenvalue weighted by atomic mass is 79.9. The Morgan fingerprint density at radius 2 is 1.57 bits per heavy atom. The highest BCUT2D eigenvalue weighted by Gasteiger charge is 2.35. The molecule has 23 heavy (non-hydrogen) atoms. The minimum absolute atomic E-state index is 0.264. The minimum Gasteiger partial charge on any atom is -0.299 e. The monoisotopic (exact) mass is 380 g/mol. The third-order valence-corrected chi connectivity index (χ3v) is 3.94. The van der Waals surface area contributed by atoms with Crippen LogP contribution in [0.1, 0.15) is 11.3 Å². The van der Waals surface area contributed by atoms with Gasteiger partial charge in [0.05, 0.1) is 0 Å². The van der Waals surface area contributed by atoms with Gasteiger partial charge in [0.1, 0.15) is 5.82 Å². The van der Waals surface area contributed by atoms with Gasteiger partial charge in [-0.25, -0.2) is 4.98 Å². The second-order valence-corrected chi connectivity index (χ2v) is 6.08. The Bertz CT molecular complexity index is 756. The standard InChI is InChI=1S/C17H12BrF3N2/c1-11-2-4-12(5-3-11)16-22-15(17(19,20)21)10-23(16)14-8-6-13(18)7-9-14/h2-10H,1H3. The van der Waals surface area contributed by atoms with Crippen LogP contribution in [-0.2, 0) is 6.18 Å². The summed E-state index contributed by atoms with van der Waals surface area (Å²) in [4.78, 5) is 3.81. The average molecular weight is 381 g/mol. The Hall–Kier alpha value is -2.08. The number of alkyl halides is 3. The van der Waals surface area contributed by atoms with Gasteiger partial charge in [-0.3, -0.25) is 4.57 Å². The first kappa shape index (κ1) is 15.8. The molecule has 0 unspecified atom stereocenters. The first-order chi connectivity index (χ1) is 10.8. The van der Waals surface area contributed by atoms with Gasteiger partial charge in [0, 0.05) is 21.9 Å². The van der Waals surface area contributed by atoms with E-state index in [4.69, 9.17) is 0 Å². The number of aromatic nitrogens is 2. The van der Waals surface area contributed by atoms with Crippen LogP contribution in [0.25, 0.3) is 17.1 Å². The van der Waals surface area contributed by atoms with Crippen molar-refractivity contribution in [2.45, 2.75) is 13.1 Å². The molecule has 1 heterocycles. The van der Waals surface area contributed by atoms with E-state index in [0.29, 0.717) is 11.3 Å². The number of halogens is 4. The number of hydrogen-bond acceptors (Lipinski definition) is 1. The second-order valence-electron chi connectivity index (χ2n) is 5.16. The van der Waals surface area contributed by atoms with E-state index in [1.165, 1.54) is 4.57 Å². The summed E-state index contributed by atoms with van der Waals surface area (Å²) >= 11 is 3.32. The van der Waals surface area contributed by atoms with Crippen LogP contribution >= 0.6 is 15.9 Å². The van der Waals surface area contributed by atoms with E-state index in [1.807, 2.05) is 19.1 Å². The molecule has 0 atom stereocenters. The Kier molecular flexibility index (Phi) is 4.02. The van der Waals surface area contributed by atoms with Crippen molar-refractivity contribution >= 4 is 15.9 Å². The zero-order valence-electron chi connectivity index (χ0n) is 12.1. The van der Waals surface area contributed by atoms with E-state index in [-0.39, 0.29) is 5.82 Å². The van der Waals surface area contributed by atoms with E-state index in [9.17, 15) is 13.2 Å². The van der Waals surface area contributed by atoms with Gasteiger partial charge < -0.3 is 0 Å². The lowest BCUT2D eigenvalue weighted by molar-refractivity contribution is -0.140. The van der Waals surface area contributed by atoms with E-state index in [1.54, 1.807) is 36.4 Å². The maximum absolute atomic E-state index is 13.1. The SMILES string of the molecule is Cc1ccc(-c2nc(C(F)(F)F)cn2-c2ccc(Br)cc2)cc1. The van der Waals surface area contributed by atoms with Gasteiger partial charge in [-0.05, 0) is 31.2 Å². The molecule has 0 radical (unpaired) electrons. The summed E-state index contributed by atoms with van der Waals surface area (Å²) in [6.45, 7) is 1.92. The third-order valence-electron chi connectivity index (χ3n) is 3.41. The Labute approximate surface area is 139 Å². The number of benzene rings is 2. The fourth-order valence-corrected chi connectivity index (χ4v) is 2.49. The van der Waals surface area contributed by atoms with Crippen LogP contribution in [0.15, 0.2) is 59.2 Å². The number of imidazole rings is 1. The van der Waals surface area contributed by atoms with Crippen molar-refractivity contribution < 1.29 is 13.2 Å². The summed E-state index contributed by atoms with van der Waals surface area (Å²) in [5.41, 5.74) is 1.38. The topological polar surface area (TPSA) is 17.8 Å². The molecule has 1 aromatic heterocycles. The highest BCUT2D eigenvalue weighted by molar-refractivity contribution is 9.10. The summed E-state index contributed by atoms with van der Waals surface area (Å²) in [5.74, 6) is 0.264. The lowest BCUT2D eigenvalue weighted by Crippen LogP contribution is -2.04. The number of aryl methyl sites for hydroxylation is 1. The molecule has 0 amide bonds. The van der Waals surface area contributed by atoms with Gasteiger partial charge in [0.2, 0.25) is 0 Å². The van der Waals surface area contributed by atoms with E-state index >= 15 is 0 Å². The summed E-state index contributed by atoms with van der Waals surface area (Å²) in [6, 6.07) is 14.3. The molecule has 0 saturated heterocycles. The maximum atomic E-state index is 13.1. The smallest absolute Gasteiger partial charge is 0.299 e. The number of rotatable bonds is 2. The molecule has 0 N–H and O–H groups in total. The lowest BCUT2D eigenvalue weighted by Gasteiger charge is -2.08. The minimum atomic E-state index is -4.49. The van der Waals surface area contributed by atoms with Crippen molar-refractivity contribution in [3.05, 3.63) is 70.5 Å². The molecule has 3 aromatic rings. The van der Waals surface area contributed by atoms with Crippen molar-refractivity contribution in [2.75, 3.05) is 0 Å². The predicted octanol–water partition coefficient (Wildman–Crippen LogP) is 5.63. The Morgan fingerprint density at radius 1 is 0.957 bits per heavy atom. The van der Waals surface area contributed by atoms with Crippen molar-refractivity contribution in [1.29, 1.82) is 0 Å². The molecule has 2 aromatic carbocycles. The van der Waals surface area contributed by atoms with Gasteiger partial charge in [0.15, 0.2) is 5.69 Å². The molecule has 2 nitrogen and oxygen atoms in total. The summed E-state index contributed by atoms with van der Waals surface area (Å²) in [6.07, 6.45) is -3.46. The van der Waals surface area contributed by atoms with E-state index in [0.717, 1.165) is 16.2 Å². The van der Waals surface area contributed by atoms with Crippen LogP contribution in [0.3, 0.4) is 0 Å². The molecule has 3 rings (SSSR count). The molecule has 0 bridgehead atoms. The first-order valence-electron chi connectivity index (χ1n) is 6.84. The number of hydrogen-bond donors (Lipinski definition) is 0. The van der Waals surface area contributed by atoms with Gasteiger partial charge in [-0.15, -0.1) is 0 Å². The maximum Gasteiger partial charge on any atom is 0.434 e. The molecule has 0 aliphatic rings. The Morgan fingerprint density at radius 3 is 2.13 bits per heavy atom. The van der Waals surface area contributed by atoms with Crippen LogP contribution < -0.4 is 0 Å². The van der Waals surface area contributed by atoms with Gasteiger partial charge >= 0.3 is 6.18 Å². The van der Waals surface area contributed by atoms with Gasteiger partial charge in [0.25, 0.3) is 0 Å². The fraction of sp³-hybridized carbons (Fsp3) is 0.118. The molecule has 0 aliphatic carbocycles. The summed E-state index contributed by atoms with van der Waals surface area (Å²) < 4.78 is 41.5. The lowest BCUT2D eigenvalue weighted by atomic mass is 10.1. The van der Waals surface area contributed by atoms with E-state index in [2.05, 4.69) is 20.9 Å². The molecular formula is C17H12BrF3N2. The largest absolute Gasteiger partial charge is 0.434 e. The summed E-state index contributed by atoms with van der Waals surface area (Å²) in [5, 5.41) is 0. The average Bonchev–Trinajstić information content (AvgIpc) is 2.94. The zero-order valence-corrected chi connectivity index (χ0v) is 13.7. The molecule has 0 fully saturated rings. The van der Waals surface area contributed by atoms with Crippen molar-refractivity contribution in [1.82, 2.24) is 9.55 Å². The van der Waals surface area contributed by atoms with Crippen LogP contribution in [0.2, 0.25) is 0 Å².